The number of nitrogens with zero attached hydrogens (tertiary/aromatic N) is 2. The molecule has 0 aliphatic heterocycles. The molecule has 1 rings (SSSR count). The first kappa shape index (κ1) is 9.13. The van der Waals surface area contributed by atoms with Crippen LogP contribution in [0, 0.1) is 0 Å². The molecule has 0 spiro atoms. The fourth-order valence-electron chi connectivity index (χ4n) is 1.15. The van der Waals surface area contributed by atoms with Gasteiger partial charge in [0, 0.05) is 12.4 Å². The largest absolute Gasteiger partial charge is 0.330 e. The molecule has 3 heteroatoms. The molecule has 2 N–H and O–H groups in total. The van der Waals surface area contributed by atoms with Gasteiger partial charge in [-0.1, -0.05) is 13.8 Å². The summed E-state index contributed by atoms with van der Waals surface area (Å²) in [5.74, 6) is 0. The van der Waals surface area contributed by atoms with Gasteiger partial charge in [0.05, 0.1) is 0 Å². The zero-order valence-corrected chi connectivity index (χ0v) is 7.62. The standard InChI is InChI=1S/C9H15N3/c1-9(2,3-4-10)8-5-11-7-12-6-8/h5-7H,3-4,10H2,1-2H3. The van der Waals surface area contributed by atoms with Gasteiger partial charge in [0.15, 0.2) is 0 Å². The summed E-state index contributed by atoms with van der Waals surface area (Å²) < 4.78 is 0. The van der Waals surface area contributed by atoms with Gasteiger partial charge in [-0.05, 0) is 23.9 Å². The summed E-state index contributed by atoms with van der Waals surface area (Å²) in [6, 6.07) is 0. The van der Waals surface area contributed by atoms with E-state index < -0.39 is 0 Å². The van der Waals surface area contributed by atoms with E-state index in [4.69, 9.17) is 5.73 Å². The summed E-state index contributed by atoms with van der Waals surface area (Å²) in [6.07, 6.45) is 6.20. The molecule has 1 aromatic rings. The third-order valence-corrected chi connectivity index (χ3v) is 2.11. The molecule has 1 aromatic heterocycles. The van der Waals surface area contributed by atoms with Crippen LogP contribution >= 0.6 is 0 Å². The highest BCUT2D eigenvalue weighted by Crippen LogP contribution is 2.24. The van der Waals surface area contributed by atoms with Crippen LogP contribution in [0.3, 0.4) is 0 Å². The van der Waals surface area contributed by atoms with Crippen molar-refractivity contribution in [2.24, 2.45) is 5.73 Å². The minimum absolute atomic E-state index is 0.0933. The maximum atomic E-state index is 5.51. The van der Waals surface area contributed by atoms with Gasteiger partial charge in [0.25, 0.3) is 0 Å². The second-order valence-electron chi connectivity index (χ2n) is 3.55. The van der Waals surface area contributed by atoms with Gasteiger partial charge in [-0.3, -0.25) is 0 Å². The van der Waals surface area contributed by atoms with Crippen molar-refractivity contribution in [2.45, 2.75) is 25.7 Å². The predicted octanol–water partition coefficient (Wildman–Crippen LogP) is 1.10. The highest BCUT2D eigenvalue weighted by Gasteiger charge is 2.19. The van der Waals surface area contributed by atoms with Crippen LogP contribution in [0.2, 0.25) is 0 Å². The van der Waals surface area contributed by atoms with E-state index in [1.807, 2.05) is 12.4 Å². The summed E-state index contributed by atoms with van der Waals surface area (Å²) >= 11 is 0. The summed E-state index contributed by atoms with van der Waals surface area (Å²) in [7, 11) is 0. The third-order valence-electron chi connectivity index (χ3n) is 2.11. The normalized spacial score (nSPS) is 11.6. The molecule has 12 heavy (non-hydrogen) atoms. The van der Waals surface area contributed by atoms with Crippen molar-refractivity contribution in [1.82, 2.24) is 9.97 Å². The molecule has 0 bridgehead atoms. The summed E-state index contributed by atoms with van der Waals surface area (Å²) in [6.45, 7) is 5.00. The Morgan fingerprint density at radius 3 is 2.42 bits per heavy atom. The lowest BCUT2D eigenvalue weighted by Crippen LogP contribution is -2.21. The van der Waals surface area contributed by atoms with Crippen LogP contribution in [0.4, 0.5) is 0 Å². The maximum absolute atomic E-state index is 5.51. The van der Waals surface area contributed by atoms with Gasteiger partial charge in [-0.2, -0.15) is 0 Å². The molecule has 0 fully saturated rings. The summed E-state index contributed by atoms with van der Waals surface area (Å²) in [5, 5.41) is 0. The molecular weight excluding hydrogens is 150 g/mol. The second-order valence-corrected chi connectivity index (χ2v) is 3.55. The number of hydrogen-bond donors (Lipinski definition) is 1. The Morgan fingerprint density at radius 2 is 1.92 bits per heavy atom. The topological polar surface area (TPSA) is 51.8 Å². The zero-order valence-electron chi connectivity index (χ0n) is 7.62. The molecule has 0 aromatic carbocycles. The molecule has 0 aliphatic rings. The quantitative estimate of drug-likeness (QED) is 0.729. The summed E-state index contributed by atoms with van der Waals surface area (Å²) in [4.78, 5) is 7.96. The first-order valence-corrected chi connectivity index (χ1v) is 4.12. The number of hydrogen-bond acceptors (Lipinski definition) is 3. The Morgan fingerprint density at radius 1 is 1.33 bits per heavy atom. The van der Waals surface area contributed by atoms with Gasteiger partial charge in [0.2, 0.25) is 0 Å². The van der Waals surface area contributed by atoms with Gasteiger partial charge in [-0.25, -0.2) is 9.97 Å². The van der Waals surface area contributed by atoms with Crippen LogP contribution in [0.1, 0.15) is 25.8 Å². The summed E-state index contributed by atoms with van der Waals surface area (Å²) in [5.41, 5.74) is 6.75. The Hall–Kier alpha value is -0.960. The van der Waals surface area contributed by atoms with Crippen LogP contribution in [-0.4, -0.2) is 16.5 Å². The van der Waals surface area contributed by atoms with Crippen LogP contribution in [0.25, 0.3) is 0 Å². The maximum Gasteiger partial charge on any atom is 0.115 e. The predicted molar refractivity (Wildman–Crippen MR) is 48.7 cm³/mol. The third kappa shape index (κ3) is 2.01. The van der Waals surface area contributed by atoms with Gasteiger partial charge in [-0.15, -0.1) is 0 Å². The first-order valence-electron chi connectivity index (χ1n) is 4.12. The monoisotopic (exact) mass is 165 g/mol. The lowest BCUT2D eigenvalue weighted by Gasteiger charge is -2.23. The van der Waals surface area contributed by atoms with E-state index in [1.54, 1.807) is 6.33 Å². The van der Waals surface area contributed by atoms with Gasteiger partial charge in [0.1, 0.15) is 6.33 Å². The second kappa shape index (κ2) is 3.63. The Labute approximate surface area is 73.0 Å². The Kier molecular flexibility index (Phi) is 2.76. The van der Waals surface area contributed by atoms with Crippen LogP contribution in [0.15, 0.2) is 18.7 Å². The van der Waals surface area contributed by atoms with Gasteiger partial charge >= 0.3 is 0 Å². The van der Waals surface area contributed by atoms with Crippen molar-refractivity contribution in [1.29, 1.82) is 0 Å². The molecule has 3 nitrogen and oxygen atoms in total. The minimum atomic E-state index is 0.0933. The SMILES string of the molecule is CC(C)(CCN)c1cncnc1. The first-order chi connectivity index (χ1) is 5.67. The number of nitrogens with two attached hydrogens (primary N) is 1. The molecular formula is C9H15N3. The molecule has 1 heterocycles. The smallest absolute Gasteiger partial charge is 0.115 e. The molecule has 0 unspecified atom stereocenters. The van der Waals surface area contributed by atoms with Crippen molar-refractivity contribution in [3.8, 4) is 0 Å². The van der Waals surface area contributed by atoms with E-state index in [2.05, 4.69) is 23.8 Å². The molecule has 0 atom stereocenters. The highest BCUT2D eigenvalue weighted by molar-refractivity contribution is 5.15. The zero-order chi connectivity index (χ0) is 9.03. The fourth-order valence-corrected chi connectivity index (χ4v) is 1.15. The van der Waals surface area contributed by atoms with Crippen molar-refractivity contribution in [3.63, 3.8) is 0 Å². The fraction of sp³-hybridized carbons (Fsp3) is 0.556. The van der Waals surface area contributed by atoms with E-state index in [9.17, 15) is 0 Å². The van der Waals surface area contributed by atoms with Gasteiger partial charge < -0.3 is 5.73 Å². The van der Waals surface area contributed by atoms with Crippen molar-refractivity contribution in [2.75, 3.05) is 6.54 Å². The number of rotatable bonds is 3. The van der Waals surface area contributed by atoms with Crippen molar-refractivity contribution >= 4 is 0 Å². The van der Waals surface area contributed by atoms with Crippen LogP contribution in [0.5, 0.6) is 0 Å². The lowest BCUT2D eigenvalue weighted by atomic mass is 9.83. The molecule has 0 amide bonds. The Balaban J connectivity index is 2.82. The Bertz CT molecular complexity index is 231. The molecule has 0 saturated heterocycles. The number of aromatic nitrogens is 2. The van der Waals surface area contributed by atoms with Crippen LogP contribution in [-0.2, 0) is 5.41 Å². The van der Waals surface area contributed by atoms with E-state index >= 15 is 0 Å². The average molecular weight is 165 g/mol. The molecule has 66 valence electrons. The highest BCUT2D eigenvalue weighted by atomic mass is 14.8. The van der Waals surface area contributed by atoms with Crippen molar-refractivity contribution < 1.29 is 0 Å². The minimum Gasteiger partial charge on any atom is -0.330 e. The van der Waals surface area contributed by atoms with E-state index in [0.717, 1.165) is 12.0 Å². The van der Waals surface area contributed by atoms with E-state index in [1.165, 1.54) is 0 Å². The lowest BCUT2D eigenvalue weighted by molar-refractivity contribution is 0.484. The van der Waals surface area contributed by atoms with Crippen molar-refractivity contribution in [3.05, 3.63) is 24.3 Å². The average Bonchev–Trinajstić information content (AvgIpc) is 2.06. The van der Waals surface area contributed by atoms with E-state index in [-0.39, 0.29) is 5.41 Å². The molecule has 0 saturated carbocycles. The molecule has 0 aliphatic carbocycles. The van der Waals surface area contributed by atoms with Crippen LogP contribution < -0.4 is 5.73 Å². The van der Waals surface area contributed by atoms with E-state index in [0.29, 0.717) is 6.54 Å². The molecule has 0 radical (unpaired) electrons.